The number of rotatable bonds is 12. The molecule has 0 saturated carbocycles. The lowest BCUT2D eigenvalue weighted by molar-refractivity contribution is -0.385. The zero-order valence-corrected chi connectivity index (χ0v) is 30.9. The van der Waals surface area contributed by atoms with E-state index < -0.39 is 28.1 Å². The standard InChI is InChI=1S/C39H39N3O12/c1-39(2,3)54-38(45)40-24-13-15-25(16-14-24)41-34(37(44)52-8)33(23-17-31(49-5)35(51-7)32(18-23)50-6)26-19-29(48-4)30(20-27(26)36(41)43)53-21-22-11-9-10-12-28(22)42(46)47/h9-20H,21H2,1-8H3,(H,40,45). The van der Waals surface area contributed by atoms with Gasteiger partial charge >= 0.3 is 12.1 Å². The van der Waals surface area contributed by atoms with Crippen molar-refractivity contribution < 1.29 is 47.7 Å². The number of fused-ring (bicyclic) bond motifs is 1. The number of carbonyl (C=O) groups is 2. The molecule has 1 amide bonds. The number of hydrogen-bond donors (Lipinski definition) is 1. The van der Waals surface area contributed by atoms with Crippen LogP contribution in [0.25, 0.3) is 27.6 Å². The molecule has 1 heterocycles. The van der Waals surface area contributed by atoms with Gasteiger partial charge in [0, 0.05) is 28.4 Å². The van der Waals surface area contributed by atoms with Crippen LogP contribution < -0.4 is 34.6 Å². The number of nitrogens with zero attached hydrogens (tertiary/aromatic N) is 2. The van der Waals surface area contributed by atoms with Gasteiger partial charge in [-0.05, 0) is 80.9 Å². The third-order valence-electron chi connectivity index (χ3n) is 8.14. The van der Waals surface area contributed by atoms with E-state index in [2.05, 4.69) is 5.32 Å². The third kappa shape index (κ3) is 7.84. The highest BCUT2D eigenvalue weighted by Gasteiger charge is 2.29. The summed E-state index contributed by atoms with van der Waals surface area (Å²) < 4.78 is 40.4. The summed E-state index contributed by atoms with van der Waals surface area (Å²) in [5, 5.41) is 14.7. The number of para-hydroxylation sites is 1. The second-order valence-corrected chi connectivity index (χ2v) is 12.7. The number of nitrogens with one attached hydrogen (secondary N) is 1. The average Bonchev–Trinajstić information content (AvgIpc) is 3.15. The van der Waals surface area contributed by atoms with Crippen LogP contribution in [0.3, 0.4) is 0 Å². The number of ether oxygens (including phenoxy) is 7. The minimum atomic E-state index is -0.857. The topological polar surface area (TPSA) is 176 Å². The molecule has 15 nitrogen and oxygen atoms in total. The molecule has 1 aromatic heterocycles. The van der Waals surface area contributed by atoms with E-state index >= 15 is 0 Å². The molecule has 0 aliphatic carbocycles. The number of nitro groups is 1. The molecule has 0 saturated heterocycles. The summed E-state index contributed by atoms with van der Waals surface area (Å²) in [6.07, 6.45) is -0.680. The van der Waals surface area contributed by atoms with E-state index in [1.165, 1.54) is 58.3 Å². The minimum absolute atomic E-state index is 0.0840. The summed E-state index contributed by atoms with van der Waals surface area (Å²) in [6.45, 7) is 4.98. The SMILES string of the molecule is COC(=O)c1c(-c2cc(OC)c(OC)c(OC)c2)c2cc(OC)c(OCc3ccccc3[N+](=O)[O-])cc2c(=O)n1-c1ccc(NC(=O)OC(C)(C)C)cc1. The monoisotopic (exact) mass is 741 g/mol. The molecule has 0 radical (unpaired) electrons. The zero-order chi connectivity index (χ0) is 39.3. The molecule has 15 heteroatoms. The number of benzene rings is 4. The molecule has 0 aliphatic heterocycles. The summed E-state index contributed by atoms with van der Waals surface area (Å²) in [4.78, 5) is 52.2. The number of hydrogen-bond acceptors (Lipinski definition) is 12. The fourth-order valence-corrected chi connectivity index (χ4v) is 5.81. The normalized spacial score (nSPS) is 11.0. The van der Waals surface area contributed by atoms with Gasteiger partial charge < -0.3 is 33.2 Å². The molecule has 282 valence electrons. The van der Waals surface area contributed by atoms with Crippen molar-refractivity contribution in [2.24, 2.45) is 0 Å². The first kappa shape index (κ1) is 38.5. The zero-order valence-electron chi connectivity index (χ0n) is 30.9. The van der Waals surface area contributed by atoms with E-state index in [1.54, 1.807) is 75.4 Å². The fraction of sp³-hybridized carbons (Fsp3) is 0.256. The lowest BCUT2D eigenvalue weighted by Gasteiger charge is -2.22. The average molecular weight is 742 g/mol. The molecule has 4 aromatic carbocycles. The summed E-state index contributed by atoms with van der Waals surface area (Å²) in [7, 11) is 6.92. The minimum Gasteiger partial charge on any atom is -0.493 e. The largest absolute Gasteiger partial charge is 0.493 e. The van der Waals surface area contributed by atoms with Gasteiger partial charge in [-0.1, -0.05) is 12.1 Å². The maximum absolute atomic E-state index is 14.7. The number of pyridine rings is 1. The van der Waals surface area contributed by atoms with Crippen LogP contribution in [0.5, 0.6) is 28.7 Å². The van der Waals surface area contributed by atoms with Crippen LogP contribution in [0.1, 0.15) is 36.8 Å². The maximum atomic E-state index is 14.7. The first-order valence-corrected chi connectivity index (χ1v) is 16.4. The molecule has 5 aromatic rings. The van der Waals surface area contributed by atoms with E-state index in [4.69, 9.17) is 33.2 Å². The van der Waals surface area contributed by atoms with Crippen molar-refractivity contribution in [2.45, 2.75) is 33.0 Å². The van der Waals surface area contributed by atoms with Gasteiger partial charge in [0.1, 0.15) is 17.9 Å². The van der Waals surface area contributed by atoms with Crippen LogP contribution >= 0.6 is 0 Å². The van der Waals surface area contributed by atoms with Gasteiger partial charge in [-0.25, -0.2) is 9.59 Å². The summed E-state index contributed by atoms with van der Waals surface area (Å²) >= 11 is 0. The molecule has 54 heavy (non-hydrogen) atoms. The molecule has 0 bridgehead atoms. The summed E-state index contributed by atoms with van der Waals surface area (Å²) in [5.74, 6) is 0.234. The number of aromatic nitrogens is 1. The summed E-state index contributed by atoms with van der Waals surface area (Å²) in [5.41, 5.74) is -0.177. The van der Waals surface area contributed by atoms with E-state index in [-0.39, 0.29) is 68.8 Å². The van der Waals surface area contributed by atoms with E-state index in [0.717, 1.165) is 0 Å². The van der Waals surface area contributed by atoms with Gasteiger partial charge in [0.15, 0.2) is 23.0 Å². The van der Waals surface area contributed by atoms with Gasteiger partial charge in [0.05, 0.1) is 51.4 Å². The summed E-state index contributed by atoms with van der Waals surface area (Å²) in [6, 6.07) is 18.5. The van der Waals surface area contributed by atoms with Crippen LogP contribution in [0.15, 0.2) is 77.6 Å². The molecule has 0 unspecified atom stereocenters. The Morgan fingerprint density at radius 3 is 1.96 bits per heavy atom. The third-order valence-corrected chi connectivity index (χ3v) is 8.14. The molecule has 0 aliphatic rings. The molecular weight excluding hydrogens is 702 g/mol. The Balaban J connectivity index is 1.82. The Kier molecular flexibility index (Phi) is 11.3. The van der Waals surface area contributed by atoms with Crippen LogP contribution in [-0.4, -0.2) is 62.7 Å². The molecule has 0 fully saturated rings. The lowest BCUT2D eigenvalue weighted by Crippen LogP contribution is -2.27. The molecule has 1 N–H and O–H groups in total. The number of nitro benzene ring substituents is 1. The van der Waals surface area contributed by atoms with Crippen LogP contribution in [0, 0.1) is 10.1 Å². The maximum Gasteiger partial charge on any atom is 0.412 e. The number of esters is 1. The molecule has 0 atom stereocenters. The van der Waals surface area contributed by atoms with Crippen molar-refractivity contribution in [1.82, 2.24) is 4.57 Å². The Morgan fingerprint density at radius 1 is 0.796 bits per heavy atom. The number of carbonyl (C=O) groups excluding carboxylic acids is 2. The Labute approximate surface area is 310 Å². The smallest absolute Gasteiger partial charge is 0.412 e. The molecule has 0 spiro atoms. The van der Waals surface area contributed by atoms with Crippen LogP contribution in [0.4, 0.5) is 16.2 Å². The highest BCUT2D eigenvalue weighted by Crippen LogP contribution is 2.45. The van der Waals surface area contributed by atoms with Gasteiger partial charge in [-0.2, -0.15) is 0 Å². The van der Waals surface area contributed by atoms with Crippen LogP contribution in [0.2, 0.25) is 0 Å². The lowest BCUT2D eigenvalue weighted by atomic mass is 9.95. The van der Waals surface area contributed by atoms with Crippen molar-refractivity contribution in [1.29, 1.82) is 0 Å². The Bertz CT molecular complexity index is 2270. The van der Waals surface area contributed by atoms with Gasteiger partial charge in [-0.15, -0.1) is 0 Å². The fourth-order valence-electron chi connectivity index (χ4n) is 5.81. The first-order chi connectivity index (χ1) is 25.7. The molecular formula is C39H39N3O12. The first-order valence-electron chi connectivity index (χ1n) is 16.4. The highest BCUT2D eigenvalue weighted by molar-refractivity contribution is 6.08. The van der Waals surface area contributed by atoms with Crippen molar-refractivity contribution in [2.75, 3.05) is 40.9 Å². The Morgan fingerprint density at radius 2 is 1.41 bits per heavy atom. The van der Waals surface area contributed by atoms with E-state index in [0.29, 0.717) is 16.8 Å². The quantitative estimate of drug-likeness (QED) is 0.0768. The second-order valence-electron chi connectivity index (χ2n) is 12.7. The van der Waals surface area contributed by atoms with Crippen molar-refractivity contribution >= 4 is 34.2 Å². The van der Waals surface area contributed by atoms with E-state index in [9.17, 15) is 24.5 Å². The van der Waals surface area contributed by atoms with Gasteiger partial charge in [-0.3, -0.25) is 24.8 Å². The predicted octanol–water partition coefficient (Wildman–Crippen LogP) is 7.31. The van der Waals surface area contributed by atoms with Gasteiger partial charge in [0.25, 0.3) is 11.2 Å². The second kappa shape index (κ2) is 15.9. The van der Waals surface area contributed by atoms with Crippen molar-refractivity contribution in [3.63, 3.8) is 0 Å². The molecule has 5 rings (SSSR count). The number of anilines is 1. The van der Waals surface area contributed by atoms with Crippen LogP contribution in [-0.2, 0) is 16.1 Å². The Hall–Kier alpha value is -6.77. The predicted molar refractivity (Wildman–Crippen MR) is 200 cm³/mol. The van der Waals surface area contributed by atoms with E-state index in [1.807, 2.05) is 0 Å². The van der Waals surface area contributed by atoms with Crippen molar-refractivity contribution in [3.8, 4) is 45.6 Å². The number of methoxy groups -OCH3 is 5. The van der Waals surface area contributed by atoms with Crippen molar-refractivity contribution in [3.05, 3.63) is 105 Å². The highest BCUT2D eigenvalue weighted by atomic mass is 16.6. The van der Waals surface area contributed by atoms with Gasteiger partial charge in [0.2, 0.25) is 5.75 Å². The number of amides is 1.